The summed E-state index contributed by atoms with van der Waals surface area (Å²) in [4.78, 5) is 4.79. The molecule has 15 heavy (non-hydrogen) atoms. The molecule has 0 saturated carbocycles. The molecular weight excluding hydrogens is 192 g/mol. The Hall–Kier alpha value is -0.160. The fourth-order valence-corrected chi connectivity index (χ4v) is 2.00. The van der Waals surface area contributed by atoms with Gasteiger partial charge in [-0.25, -0.2) is 0 Å². The van der Waals surface area contributed by atoms with Gasteiger partial charge in [0.1, 0.15) is 0 Å². The lowest BCUT2D eigenvalue weighted by Crippen LogP contribution is -2.50. The van der Waals surface area contributed by atoms with Gasteiger partial charge >= 0.3 is 0 Å². The van der Waals surface area contributed by atoms with Crippen molar-refractivity contribution in [2.75, 3.05) is 45.9 Å². The monoisotopic (exact) mass is 216 g/mol. The molecule has 90 valence electrons. The van der Waals surface area contributed by atoms with E-state index >= 15 is 0 Å². The minimum Gasteiger partial charge on any atom is -0.396 e. The zero-order chi connectivity index (χ0) is 11.3. The molecule has 1 saturated heterocycles. The van der Waals surface area contributed by atoms with Gasteiger partial charge in [-0.05, 0) is 13.8 Å². The molecule has 1 aliphatic rings. The molecule has 0 radical (unpaired) electrons. The third-order valence-electron chi connectivity index (χ3n) is 3.17. The molecule has 1 fully saturated rings. The number of piperazine rings is 1. The Morgan fingerprint density at radius 2 is 1.53 bits per heavy atom. The van der Waals surface area contributed by atoms with Crippen LogP contribution in [-0.4, -0.2) is 72.0 Å². The van der Waals surface area contributed by atoms with Gasteiger partial charge in [-0.2, -0.15) is 0 Å². The minimum atomic E-state index is 0.0237. The van der Waals surface area contributed by atoms with Crippen molar-refractivity contribution in [2.24, 2.45) is 5.92 Å². The van der Waals surface area contributed by atoms with E-state index in [9.17, 15) is 0 Å². The standard InChI is InChI=1S/C11H24N2O2/c1-10(2)13-5-3-12(4-6-13)7-11(8-14)9-15/h10-11,14-15H,3-9H2,1-2H3. The van der Waals surface area contributed by atoms with Crippen LogP contribution < -0.4 is 0 Å². The van der Waals surface area contributed by atoms with E-state index < -0.39 is 0 Å². The number of aliphatic hydroxyl groups excluding tert-OH is 2. The van der Waals surface area contributed by atoms with Gasteiger partial charge in [-0.15, -0.1) is 0 Å². The van der Waals surface area contributed by atoms with Gasteiger partial charge in [0.15, 0.2) is 0 Å². The average Bonchev–Trinajstić information content (AvgIpc) is 2.26. The fourth-order valence-electron chi connectivity index (χ4n) is 2.00. The van der Waals surface area contributed by atoms with E-state index in [1.54, 1.807) is 0 Å². The van der Waals surface area contributed by atoms with Crippen LogP contribution in [0, 0.1) is 5.92 Å². The summed E-state index contributed by atoms with van der Waals surface area (Å²) >= 11 is 0. The lowest BCUT2D eigenvalue weighted by atomic mass is 10.1. The van der Waals surface area contributed by atoms with Crippen LogP contribution in [0.25, 0.3) is 0 Å². The van der Waals surface area contributed by atoms with Gasteiger partial charge in [-0.3, -0.25) is 4.90 Å². The molecule has 0 atom stereocenters. The maximum absolute atomic E-state index is 9.00. The fraction of sp³-hybridized carbons (Fsp3) is 1.00. The molecule has 0 aromatic carbocycles. The molecule has 1 heterocycles. The van der Waals surface area contributed by atoms with Crippen LogP contribution in [0.2, 0.25) is 0 Å². The smallest absolute Gasteiger partial charge is 0.0493 e. The van der Waals surface area contributed by atoms with Crippen LogP contribution in [0.4, 0.5) is 0 Å². The van der Waals surface area contributed by atoms with Crippen molar-refractivity contribution in [3.8, 4) is 0 Å². The summed E-state index contributed by atoms with van der Waals surface area (Å²) in [5, 5.41) is 18.0. The van der Waals surface area contributed by atoms with Crippen LogP contribution in [0.5, 0.6) is 0 Å². The Kier molecular flexibility index (Phi) is 5.53. The van der Waals surface area contributed by atoms with E-state index in [0.717, 1.165) is 32.7 Å². The number of nitrogens with zero attached hydrogens (tertiary/aromatic N) is 2. The molecule has 1 aliphatic heterocycles. The van der Waals surface area contributed by atoms with Gasteiger partial charge in [-0.1, -0.05) is 0 Å². The normalized spacial score (nSPS) is 20.4. The first-order chi connectivity index (χ1) is 7.17. The lowest BCUT2D eigenvalue weighted by Gasteiger charge is -2.37. The highest BCUT2D eigenvalue weighted by Crippen LogP contribution is 2.07. The second kappa shape index (κ2) is 6.43. The highest BCUT2D eigenvalue weighted by Gasteiger charge is 2.20. The first-order valence-corrected chi connectivity index (χ1v) is 5.85. The Balaban J connectivity index is 2.25. The molecule has 0 aromatic heterocycles. The summed E-state index contributed by atoms with van der Waals surface area (Å²) in [6, 6.07) is 0.624. The Bertz CT molecular complexity index is 164. The average molecular weight is 216 g/mol. The van der Waals surface area contributed by atoms with Gasteiger partial charge in [0.05, 0.1) is 0 Å². The van der Waals surface area contributed by atoms with Gasteiger partial charge < -0.3 is 15.1 Å². The van der Waals surface area contributed by atoms with Crippen LogP contribution in [0.3, 0.4) is 0 Å². The topological polar surface area (TPSA) is 46.9 Å². The lowest BCUT2D eigenvalue weighted by molar-refractivity contribution is 0.0662. The molecule has 4 heteroatoms. The largest absolute Gasteiger partial charge is 0.396 e. The van der Waals surface area contributed by atoms with Crippen LogP contribution >= 0.6 is 0 Å². The van der Waals surface area contributed by atoms with E-state index in [1.165, 1.54) is 0 Å². The molecule has 1 rings (SSSR count). The summed E-state index contributed by atoms with van der Waals surface area (Å²) in [7, 11) is 0. The van der Waals surface area contributed by atoms with E-state index in [1.807, 2.05) is 0 Å². The second-order valence-corrected chi connectivity index (χ2v) is 4.66. The van der Waals surface area contributed by atoms with Crippen molar-refractivity contribution in [1.29, 1.82) is 0 Å². The summed E-state index contributed by atoms with van der Waals surface area (Å²) < 4.78 is 0. The maximum Gasteiger partial charge on any atom is 0.0493 e. The molecule has 0 aliphatic carbocycles. The summed E-state index contributed by atoms with van der Waals surface area (Å²) in [5.74, 6) is 0.0237. The third kappa shape index (κ3) is 4.07. The minimum absolute atomic E-state index is 0.0237. The van der Waals surface area contributed by atoms with Gasteiger partial charge in [0.25, 0.3) is 0 Å². The summed E-state index contributed by atoms with van der Waals surface area (Å²) in [5.41, 5.74) is 0. The molecule has 0 spiro atoms. The molecule has 2 N–H and O–H groups in total. The third-order valence-corrected chi connectivity index (χ3v) is 3.17. The van der Waals surface area contributed by atoms with Crippen molar-refractivity contribution < 1.29 is 10.2 Å². The zero-order valence-corrected chi connectivity index (χ0v) is 9.89. The SMILES string of the molecule is CC(C)N1CCN(CC(CO)CO)CC1. The van der Waals surface area contributed by atoms with Crippen LogP contribution in [0.15, 0.2) is 0 Å². The number of hydrogen-bond acceptors (Lipinski definition) is 4. The van der Waals surface area contributed by atoms with E-state index in [-0.39, 0.29) is 19.1 Å². The zero-order valence-electron chi connectivity index (χ0n) is 9.89. The molecular formula is C11H24N2O2. The molecule has 4 nitrogen and oxygen atoms in total. The summed E-state index contributed by atoms with van der Waals surface area (Å²) in [6.45, 7) is 9.73. The summed E-state index contributed by atoms with van der Waals surface area (Å²) in [6.07, 6.45) is 0. The van der Waals surface area contributed by atoms with E-state index in [0.29, 0.717) is 6.04 Å². The van der Waals surface area contributed by atoms with Gasteiger partial charge in [0, 0.05) is 57.9 Å². The second-order valence-electron chi connectivity index (χ2n) is 4.66. The number of hydrogen-bond donors (Lipinski definition) is 2. The molecule has 0 bridgehead atoms. The van der Waals surface area contributed by atoms with Crippen LogP contribution in [0.1, 0.15) is 13.8 Å². The molecule has 0 amide bonds. The van der Waals surface area contributed by atoms with Crippen molar-refractivity contribution in [1.82, 2.24) is 9.80 Å². The van der Waals surface area contributed by atoms with Crippen molar-refractivity contribution in [2.45, 2.75) is 19.9 Å². The first-order valence-electron chi connectivity index (χ1n) is 5.85. The number of aliphatic hydroxyl groups is 2. The van der Waals surface area contributed by atoms with Crippen LogP contribution in [-0.2, 0) is 0 Å². The molecule has 0 unspecified atom stereocenters. The Morgan fingerprint density at radius 1 is 1.00 bits per heavy atom. The van der Waals surface area contributed by atoms with E-state index in [2.05, 4.69) is 23.6 Å². The predicted molar refractivity (Wildman–Crippen MR) is 60.8 cm³/mol. The van der Waals surface area contributed by atoms with Gasteiger partial charge in [0.2, 0.25) is 0 Å². The molecule has 0 aromatic rings. The first kappa shape index (κ1) is 12.9. The predicted octanol–water partition coefficient (Wildman–Crippen LogP) is -0.387. The highest BCUT2D eigenvalue weighted by atomic mass is 16.3. The van der Waals surface area contributed by atoms with Crippen molar-refractivity contribution >= 4 is 0 Å². The number of rotatable bonds is 5. The van der Waals surface area contributed by atoms with Crippen molar-refractivity contribution in [3.63, 3.8) is 0 Å². The Labute approximate surface area is 92.5 Å². The van der Waals surface area contributed by atoms with E-state index in [4.69, 9.17) is 10.2 Å². The van der Waals surface area contributed by atoms with Crippen molar-refractivity contribution in [3.05, 3.63) is 0 Å². The Morgan fingerprint density at radius 3 is 1.93 bits per heavy atom. The quantitative estimate of drug-likeness (QED) is 0.657. The maximum atomic E-state index is 9.00. The highest BCUT2D eigenvalue weighted by molar-refractivity contribution is 4.75.